The Bertz CT molecular complexity index is 460. The average molecular weight is 280 g/mol. The highest BCUT2D eigenvalue weighted by Gasteiger charge is 2.34. The Morgan fingerprint density at radius 3 is 2.30 bits per heavy atom. The topological polar surface area (TPSA) is 44.8 Å². The summed E-state index contributed by atoms with van der Waals surface area (Å²) in [4.78, 5) is 12.7. The molecule has 112 valence electrons. The van der Waals surface area contributed by atoms with Crippen LogP contribution in [0.5, 0.6) is 11.5 Å². The number of benzene rings is 1. The zero-order valence-corrected chi connectivity index (χ0v) is 13.1. The van der Waals surface area contributed by atoms with Gasteiger partial charge in [0.25, 0.3) is 0 Å². The van der Waals surface area contributed by atoms with E-state index in [-0.39, 0.29) is 11.2 Å². The van der Waals surface area contributed by atoms with Gasteiger partial charge in [0.1, 0.15) is 17.6 Å². The zero-order chi connectivity index (χ0) is 15.3. The highest BCUT2D eigenvalue weighted by Crippen LogP contribution is 2.31. The van der Waals surface area contributed by atoms with Crippen LogP contribution in [0, 0.1) is 5.41 Å². The maximum absolute atomic E-state index is 12.7. The smallest absolute Gasteiger partial charge is 0.195 e. The first kappa shape index (κ1) is 16.5. The van der Waals surface area contributed by atoms with Gasteiger partial charge in [-0.05, 0) is 24.5 Å². The van der Waals surface area contributed by atoms with E-state index in [0.29, 0.717) is 23.7 Å². The molecule has 4 heteroatoms. The van der Waals surface area contributed by atoms with Gasteiger partial charge in [0.2, 0.25) is 0 Å². The molecule has 1 unspecified atom stereocenters. The Morgan fingerprint density at radius 2 is 1.85 bits per heavy atom. The van der Waals surface area contributed by atoms with Crippen molar-refractivity contribution in [3.63, 3.8) is 0 Å². The van der Waals surface area contributed by atoms with E-state index in [4.69, 9.17) is 14.2 Å². The largest absolute Gasteiger partial charge is 0.497 e. The Hall–Kier alpha value is -1.55. The molecule has 0 heterocycles. The highest BCUT2D eigenvalue weighted by atomic mass is 16.5. The molecule has 1 aromatic rings. The van der Waals surface area contributed by atoms with Crippen LogP contribution in [0.4, 0.5) is 0 Å². The molecule has 20 heavy (non-hydrogen) atoms. The fourth-order valence-electron chi connectivity index (χ4n) is 2.03. The first-order valence-electron chi connectivity index (χ1n) is 6.73. The quantitative estimate of drug-likeness (QED) is 0.750. The number of ketones is 1. The fourth-order valence-corrected chi connectivity index (χ4v) is 2.03. The molecule has 1 aromatic carbocycles. The van der Waals surface area contributed by atoms with Crippen LogP contribution < -0.4 is 9.47 Å². The lowest BCUT2D eigenvalue weighted by Gasteiger charge is -2.29. The molecule has 4 nitrogen and oxygen atoms in total. The number of methoxy groups -OCH3 is 2. The number of Topliss-reactive ketones (excluding diaryl/α,β-unsaturated/α-hetero) is 1. The molecule has 0 spiro atoms. The van der Waals surface area contributed by atoms with Crippen molar-refractivity contribution in [1.29, 1.82) is 0 Å². The van der Waals surface area contributed by atoms with Crippen LogP contribution in [0.25, 0.3) is 0 Å². The maximum atomic E-state index is 12.7. The van der Waals surface area contributed by atoms with Crippen LogP contribution in [-0.2, 0) is 4.74 Å². The molecule has 0 saturated carbocycles. The average Bonchev–Trinajstić information content (AvgIpc) is 2.42. The second kappa shape index (κ2) is 6.75. The number of ether oxygens (including phenoxy) is 3. The van der Waals surface area contributed by atoms with Crippen molar-refractivity contribution in [2.45, 2.75) is 33.8 Å². The lowest BCUT2D eigenvalue weighted by atomic mass is 9.84. The molecular formula is C16H24O4. The van der Waals surface area contributed by atoms with Crippen LogP contribution >= 0.6 is 0 Å². The summed E-state index contributed by atoms with van der Waals surface area (Å²) in [6.45, 7) is 8.34. The molecule has 0 amide bonds. The Labute approximate surface area is 121 Å². The molecule has 0 bridgehead atoms. The van der Waals surface area contributed by atoms with Gasteiger partial charge >= 0.3 is 0 Å². The van der Waals surface area contributed by atoms with Crippen molar-refractivity contribution in [3.05, 3.63) is 23.8 Å². The second-order valence-electron chi connectivity index (χ2n) is 5.63. The standard InChI is InChI=1S/C16H24O4/c1-7-20-15(16(2,3)4)14(17)12-9-8-11(18-5)10-13(12)19-6/h8-10,15H,7H2,1-6H3. The van der Waals surface area contributed by atoms with Crippen molar-refractivity contribution < 1.29 is 19.0 Å². The van der Waals surface area contributed by atoms with E-state index in [2.05, 4.69) is 0 Å². The van der Waals surface area contributed by atoms with E-state index in [9.17, 15) is 4.79 Å². The van der Waals surface area contributed by atoms with Crippen molar-refractivity contribution >= 4 is 5.78 Å². The number of hydrogen-bond donors (Lipinski definition) is 0. The van der Waals surface area contributed by atoms with Crippen molar-refractivity contribution in [1.82, 2.24) is 0 Å². The second-order valence-corrected chi connectivity index (χ2v) is 5.63. The van der Waals surface area contributed by atoms with Crippen LogP contribution in [0.1, 0.15) is 38.1 Å². The predicted molar refractivity (Wildman–Crippen MR) is 78.7 cm³/mol. The molecule has 0 fully saturated rings. The molecule has 1 rings (SSSR count). The lowest BCUT2D eigenvalue weighted by Crippen LogP contribution is -2.37. The van der Waals surface area contributed by atoms with Gasteiger partial charge in [-0.1, -0.05) is 20.8 Å². The molecule has 0 N–H and O–H groups in total. The van der Waals surface area contributed by atoms with Gasteiger partial charge in [-0.25, -0.2) is 0 Å². The van der Waals surface area contributed by atoms with Gasteiger partial charge in [0.15, 0.2) is 5.78 Å². The van der Waals surface area contributed by atoms with Gasteiger partial charge in [0.05, 0.1) is 19.8 Å². The van der Waals surface area contributed by atoms with E-state index in [1.165, 1.54) is 0 Å². The summed E-state index contributed by atoms with van der Waals surface area (Å²) in [7, 11) is 3.12. The van der Waals surface area contributed by atoms with Gasteiger partial charge in [-0.3, -0.25) is 4.79 Å². The summed E-state index contributed by atoms with van der Waals surface area (Å²) in [6, 6.07) is 5.18. The molecule has 1 atom stereocenters. The molecule has 0 saturated heterocycles. The van der Waals surface area contributed by atoms with Gasteiger partial charge < -0.3 is 14.2 Å². The monoisotopic (exact) mass is 280 g/mol. The van der Waals surface area contributed by atoms with Crippen LogP contribution in [0.3, 0.4) is 0 Å². The summed E-state index contributed by atoms with van der Waals surface area (Å²) in [6.07, 6.45) is -0.505. The minimum absolute atomic E-state index is 0.0705. The molecule has 0 radical (unpaired) electrons. The highest BCUT2D eigenvalue weighted by molar-refractivity contribution is 6.02. The molecule has 0 aliphatic heterocycles. The number of carbonyl (C=O) groups is 1. The number of carbonyl (C=O) groups excluding carboxylic acids is 1. The summed E-state index contributed by atoms with van der Waals surface area (Å²) in [5.74, 6) is 1.09. The molecule has 0 aromatic heterocycles. The Balaban J connectivity index is 3.18. The number of hydrogen-bond acceptors (Lipinski definition) is 4. The first-order valence-corrected chi connectivity index (χ1v) is 6.73. The third-order valence-corrected chi connectivity index (χ3v) is 3.03. The van der Waals surface area contributed by atoms with E-state index in [1.54, 1.807) is 32.4 Å². The molecule has 0 aliphatic rings. The van der Waals surface area contributed by atoms with Crippen LogP contribution in [-0.4, -0.2) is 32.7 Å². The summed E-state index contributed by atoms with van der Waals surface area (Å²) in [5.41, 5.74) is 0.236. The van der Waals surface area contributed by atoms with E-state index in [0.717, 1.165) is 0 Å². The van der Waals surface area contributed by atoms with Crippen LogP contribution in [0.15, 0.2) is 18.2 Å². The summed E-state index contributed by atoms with van der Waals surface area (Å²) >= 11 is 0. The van der Waals surface area contributed by atoms with Gasteiger partial charge in [-0.15, -0.1) is 0 Å². The summed E-state index contributed by atoms with van der Waals surface area (Å²) in [5, 5.41) is 0. The van der Waals surface area contributed by atoms with E-state index in [1.807, 2.05) is 27.7 Å². The minimum atomic E-state index is -0.505. The molecular weight excluding hydrogens is 256 g/mol. The third-order valence-electron chi connectivity index (χ3n) is 3.03. The molecule has 0 aliphatic carbocycles. The third kappa shape index (κ3) is 3.73. The van der Waals surface area contributed by atoms with Crippen LogP contribution in [0.2, 0.25) is 0 Å². The van der Waals surface area contributed by atoms with Crippen molar-refractivity contribution in [2.75, 3.05) is 20.8 Å². The van der Waals surface area contributed by atoms with E-state index >= 15 is 0 Å². The van der Waals surface area contributed by atoms with Crippen molar-refractivity contribution in [2.24, 2.45) is 5.41 Å². The van der Waals surface area contributed by atoms with Gasteiger partial charge in [-0.2, -0.15) is 0 Å². The van der Waals surface area contributed by atoms with Gasteiger partial charge in [0, 0.05) is 12.7 Å². The minimum Gasteiger partial charge on any atom is -0.497 e. The fraction of sp³-hybridized carbons (Fsp3) is 0.562. The van der Waals surface area contributed by atoms with E-state index < -0.39 is 6.10 Å². The number of rotatable bonds is 6. The Morgan fingerprint density at radius 1 is 1.20 bits per heavy atom. The zero-order valence-electron chi connectivity index (χ0n) is 13.1. The Kier molecular flexibility index (Phi) is 5.57. The predicted octanol–water partition coefficient (Wildman–Crippen LogP) is 3.34. The SMILES string of the molecule is CCOC(C(=O)c1ccc(OC)cc1OC)C(C)(C)C. The maximum Gasteiger partial charge on any atom is 0.195 e. The normalized spacial score (nSPS) is 12.9. The lowest BCUT2D eigenvalue weighted by molar-refractivity contribution is -0.000385. The summed E-state index contributed by atoms with van der Waals surface area (Å²) < 4.78 is 16.1. The first-order chi connectivity index (χ1) is 9.35. The van der Waals surface area contributed by atoms with Crippen molar-refractivity contribution in [3.8, 4) is 11.5 Å².